The molecule has 3 rings (SSSR count). The second-order valence-corrected chi connectivity index (χ2v) is 4.79. The first kappa shape index (κ1) is 9.55. The monoisotopic (exact) mass is 223 g/mol. The maximum atomic E-state index is 5.86. The standard InChI is InChI=1S/C11H14ClN3/c1-7-9-6-15(8-2-3-8)5-4-10(9)14-11(12)13-7/h8H,2-6H2,1H3. The summed E-state index contributed by atoms with van der Waals surface area (Å²) in [5.41, 5.74) is 3.51. The molecular weight excluding hydrogens is 210 g/mol. The Labute approximate surface area is 94.5 Å². The number of halogens is 1. The zero-order valence-corrected chi connectivity index (χ0v) is 9.59. The van der Waals surface area contributed by atoms with E-state index >= 15 is 0 Å². The summed E-state index contributed by atoms with van der Waals surface area (Å²) in [6, 6.07) is 0.827. The summed E-state index contributed by atoms with van der Waals surface area (Å²) < 4.78 is 0. The summed E-state index contributed by atoms with van der Waals surface area (Å²) in [4.78, 5) is 11.1. The Hall–Kier alpha value is -0.670. The van der Waals surface area contributed by atoms with Crippen molar-refractivity contribution in [3.8, 4) is 0 Å². The van der Waals surface area contributed by atoms with Gasteiger partial charge in [-0.2, -0.15) is 0 Å². The van der Waals surface area contributed by atoms with E-state index in [1.807, 2.05) is 6.92 Å². The van der Waals surface area contributed by atoms with Crippen molar-refractivity contribution >= 4 is 11.6 Å². The zero-order chi connectivity index (χ0) is 10.4. The van der Waals surface area contributed by atoms with Crippen LogP contribution in [0.3, 0.4) is 0 Å². The summed E-state index contributed by atoms with van der Waals surface area (Å²) >= 11 is 5.86. The van der Waals surface area contributed by atoms with Crippen molar-refractivity contribution in [3.63, 3.8) is 0 Å². The topological polar surface area (TPSA) is 29.0 Å². The SMILES string of the molecule is Cc1nc(Cl)nc2c1CN(C1CC1)CC2. The van der Waals surface area contributed by atoms with Crippen LogP contribution < -0.4 is 0 Å². The Morgan fingerprint density at radius 2 is 2.13 bits per heavy atom. The molecule has 1 aromatic rings. The Bertz CT molecular complexity index is 401. The first-order valence-corrected chi connectivity index (χ1v) is 5.88. The second kappa shape index (κ2) is 3.42. The highest BCUT2D eigenvalue weighted by molar-refractivity contribution is 6.28. The fourth-order valence-corrected chi connectivity index (χ4v) is 2.54. The number of aromatic nitrogens is 2. The van der Waals surface area contributed by atoms with Gasteiger partial charge in [0.05, 0.1) is 5.69 Å². The second-order valence-electron chi connectivity index (χ2n) is 4.45. The van der Waals surface area contributed by atoms with E-state index in [2.05, 4.69) is 14.9 Å². The largest absolute Gasteiger partial charge is 0.296 e. The average molecular weight is 224 g/mol. The Morgan fingerprint density at radius 1 is 1.33 bits per heavy atom. The number of hydrogen-bond acceptors (Lipinski definition) is 3. The molecular formula is C11H14ClN3. The van der Waals surface area contributed by atoms with Gasteiger partial charge in [0.25, 0.3) is 0 Å². The molecule has 80 valence electrons. The zero-order valence-electron chi connectivity index (χ0n) is 8.83. The molecule has 1 aliphatic heterocycles. The maximum absolute atomic E-state index is 5.86. The molecule has 0 aromatic carbocycles. The number of rotatable bonds is 1. The predicted molar refractivity (Wildman–Crippen MR) is 58.9 cm³/mol. The number of fused-ring (bicyclic) bond motifs is 1. The number of aryl methyl sites for hydroxylation is 1. The van der Waals surface area contributed by atoms with Gasteiger partial charge < -0.3 is 0 Å². The van der Waals surface area contributed by atoms with E-state index in [1.54, 1.807) is 0 Å². The Morgan fingerprint density at radius 3 is 2.87 bits per heavy atom. The van der Waals surface area contributed by atoms with Crippen LogP contribution in [0.25, 0.3) is 0 Å². The Kier molecular flexibility index (Phi) is 2.18. The van der Waals surface area contributed by atoms with Gasteiger partial charge in [-0.15, -0.1) is 0 Å². The van der Waals surface area contributed by atoms with Gasteiger partial charge in [-0.25, -0.2) is 9.97 Å². The normalized spacial score (nSPS) is 21.5. The lowest BCUT2D eigenvalue weighted by Gasteiger charge is -2.28. The molecule has 0 radical (unpaired) electrons. The quantitative estimate of drug-likeness (QED) is 0.682. The van der Waals surface area contributed by atoms with Gasteiger partial charge in [-0.3, -0.25) is 4.90 Å². The van der Waals surface area contributed by atoms with E-state index in [4.69, 9.17) is 11.6 Å². The van der Waals surface area contributed by atoms with Crippen LogP contribution in [0, 0.1) is 6.92 Å². The highest BCUT2D eigenvalue weighted by Crippen LogP contribution is 2.31. The summed E-state index contributed by atoms with van der Waals surface area (Å²) in [7, 11) is 0. The number of hydrogen-bond donors (Lipinski definition) is 0. The predicted octanol–water partition coefficient (Wildman–Crippen LogP) is 1.96. The molecule has 0 atom stereocenters. The molecule has 2 heterocycles. The van der Waals surface area contributed by atoms with Gasteiger partial charge in [0, 0.05) is 36.8 Å². The average Bonchev–Trinajstić information content (AvgIpc) is 3.00. The van der Waals surface area contributed by atoms with E-state index in [-0.39, 0.29) is 0 Å². The molecule has 0 spiro atoms. The lowest BCUT2D eigenvalue weighted by Crippen LogP contribution is -2.33. The van der Waals surface area contributed by atoms with Crippen LogP contribution in [0.2, 0.25) is 5.28 Å². The van der Waals surface area contributed by atoms with E-state index in [0.29, 0.717) is 5.28 Å². The van der Waals surface area contributed by atoms with Crippen LogP contribution in [-0.4, -0.2) is 27.5 Å². The molecule has 0 N–H and O–H groups in total. The molecule has 0 amide bonds. The third-order valence-corrected chi connectivity index (χ3v) is 3.50. The lowest BCUT2D eigenvalue weighted by molar-refractivity contribution is 0.240. The van der Waals surface area contributed by atoms with Gasteiger partial charge in [0.1, 0.15) is 0 Å². The van der Waals surface area contributed by atoms with E-state index in [9.17, 15) is 0 Å². The maximum Gasteiger partial charge on any atom is 0.222 e. The van der Waals surface area contributed by atoms with Crippen LogP contribution in [0.4, 0.5) is 0 Å². The molecule has 4 heteroatoms. The smallest absolute Gasteiger partial charge is 0.222 e. The van der Waals surface area contributed by atoms with E-state index in [0.717, 1.165) is 36.9 Å². The minimum Gasteiger partial charge on any atom is -0.296 e. The van der Waals surface area contributed by atoms with Crippen molar-refractivity contribution in [2.24, 2.45) is 0 Å². The van der Waals surface area contributed by atoms with E-state index < -0.39 is 0 Å². The van der Waals surface area contributed by atoms with Crippen molar-refractivity contribution in [3.05, 3.63) is 22.2 Å². The van der Waals surface area contributed by atoms with Crippen molar-refractivity contribution in [2.75, 3.05) is 6.54 Å². The highest BCUT2D eigenvalue weighted by atomic mass is 35.5. The highest BCUT2D eigenvalue weighted by Gasteiger charge is 2.32. The third-order valence-electron chi connectivity index (χ3n) is 3.33. The van der Waals surface area contributed by atoms with Gasteiger partial charge >= 0.3 is 0 Å². The van der Waals surface area contributed by atoms with E-state index in [1.165, 1.54) is 18.4 Å². The van der Waals surface area contributed by atoms with Crippen molar-refractivity contribution in [1.82, 2.24) is 14.9 Å². The van der Waals surface area contributed by atoms with Gasteiger partial charge in [-0.05, 0) is 31.4 Å². The van der Waals surface area contributed by atoms with Crippen LogP contribution in [0.15, 0.2) is 0 Å². The van der Waals surface area contributed by atoms with Crippen LogP contribution in [0.1, 0.15) is 29.8 Å². The van der Waals surface area contributed by atoms with Crippen molar-refractivity contribution in [2.45, 2.75) is 38.8 Å². The minimum absolute atomic E-state index is 0.395. The molecule has 2 aliphatic rings. The first-order valence-electron chi connectivity index (χ1n) is 5.50. The fraction of sp³-hybridized carbons (Fsp3) is 0.636. The minimum atomic E-state index is 0.395. The van der Waals surface area contributed by atoms with Gasteiger partial charge in [-0.1, -0.05) is 0 Å². The molecule has 0 saturated heterocycles. The molecule has 3 nitrogen and oxygen atoms in total. The van der Waals surface area contributed by atoms with Crippen molar-refractivity contribution in [1.29, 1.82) is 0 Å². The summed E-state index contributed by atoms with van der Waals surface area (Å²) in [5, 5.41) is 0.395. The lowest BCUT2D eigenvalue weighted by atomic mass is 10.0. The fourth-order valence-electron chi connectivity index (χ4n) is 2.31. The van der Waals surface area contributed by atoms with Crippen LogP contribution in [0.5, 0.6) is 0 Å². The summed E-state index contributed by atoms with van der Waals surface area (Å²) in [5.74, 6) is 0. The van der Waals surface area contributed by atoms with Crippen LogP contribution in [-0.2, 0) is 13.0 Å². The summed E-state index contributed by atoms with van der Waals surface area (Å²) in [6.45, 7) is 4.18. The molecule has 15 heavy (non-hydrogen) atoms. The van der Waals surface area contributed by atoms with Gasteiger partial charge in [0.2, 0.25) is 5.28 Å². The molecule has 1 aromatic heterocycles. The summed E-state index contributed by atoms with van der Waals surface area (Å²) in [6.07, 6.45) is 3.75. The van der Waals surface area contributed by atoms with Crippen LogP contribution >= 0.6 is 11.6 Å². The Balaban J connectivity index is 1.93. The molecule has 0 unspecified atom stereocenters. The first-order chi connectivity index (χ1) is 7.24. The molecule has 1 aliphatic carbocycles. The van der Waals surface area contributed by atoms with Crippen molar-refractivity contribution < 1.29 is 0 Å². The molecule has 1 saturated carbocycles. The molecule has 1 fully saturated rings. The third kappa shape index (κ3) is 1.74. The van der Waals surface area contributed by atoms with Gasteiger partial charge in [0.15, 0.2) is 0 Å². The number of nitrogens with zero attached hydrogens (tertiary/aromatic N) is 3. The molecule has 0 bridgehead atoms.